The molecular weight excluding hydrogens is 430 g/mol. The van der Waals surface area contributed by atoms with Gasteiger partial charge in [0.15, 0.2) is 5.96 Å². The van der Waals surface area contributed by atoms with Crippen molar-refractivity contribution in [3.63, 3.8) is 0 Å². The Balaban J connectivity index is 0.00000312. The standard InChI is InChI=1S/C19H25FN4.HI/c1-4-21-18(23-13-17-10-5-6-11-22-17)24-14-19(2,3)15-8-7-9-16(20)12-15;/h5-12H,4,13-14H2,1-3H3,(H2,21,23,24);1H. The van der Waals surface area contributed by atoms with Crippen molar-refractivity contribution in [2.75, 3.05) is 13.1 Å². The fourth-order valence-corrected chi connectivity index (χ4v) is 2.31. The van der Waals surface area contributed by atoms with Crippen molar-refractivity contribution in [2.45, 2.75) is 32.7 Å². The lowest BCUT2D eigenvalue weighted by Gasteiger charge is -2.26. The number of pyridine rings is 1. The number of aliphatic imine (C=N–C) groups is 1. The molecule has 1 aromatic carbocycles. The quantitative estimate of drug-likeness (QED) is 0.394. The number of guanidine groups is 1. The van der Waals surface area contributed by atoms with E-state index < -0.39 is 0 Å². The Bertz CT molecular complexity index is 674. The summed E-state index contributed by atoms with van der Waals surface area (Å²) < 4.78 is 13.5. The molecule has 0 aliphatic rings. The number of hydrogen-bond donors (Lipinski definition) is 2. The van der Waals surface area contributed by atoms with Crippen LogP contribution in [0.1, 0.15) is 32.0 Å². The number of rotatable bonds is 6. The minimum absolute atomic E-state index is 0. The summed E-state index contributed by atoms with van der Waals surface area (Å²) >= 11 is 0. The monoisotopic (exact) mass is 456 g/mol. The highest BCUT2D eigenvalue weighted by molar-refractivity contribution is 14.0. The zero-order valence-corrected chi connectivity index (χ0v) is 17.3. The van der Waals surface area contributed by atoms with Gasteiger partial charge in [-0.05, 0) is 36.8 Å². The minimum atomic E-state index is -0.219. The van der Waals surface area contributed by atoms with Gasteiger partial charge in [-0.2, -0.15) is 0 Å². The zero-order valence-electron chi connectivity index (χ0n) is 14.9. The van der Waals surface area contributed by atoms with E-state index in [-0.39, 0.29) is 35.2 Å². The van der Waals surface area contributed by atoms with Gasteiger partial charge in [0.1, 0.15) is 5.82 Å². The molecule has 0 fully saturated rings. The van der Waals surface area contributed by atoms with E-state index in [1.807, 2.05) is 31.2 Å². The van der Waals surface area contributed by atoms with Crippen LogP contribution in [0.4, 0.5) is 4.39 Å². The van der Waals surface area contributed by atoms with Gasteiger partial charge in [-0.25, -0.2) is 9.38 Å². The van der Waals surface area contributed by atoms with E-state index in [1.54, 1.807) is 18.3 Å². The molecule has 0 radical (unpaired) electrons. The molecule has 0 amide bonds. The second kappa shape index (κ2) is 10.3. The van der Waals surface area contributed by atoms with E-state index in [1.165, 1.54) is 6.07 Å². The fraction of sp³-hybridized carbons (Fsp3) is 0.368. The second-order valence-electron chi connectivity index (χ2n) is 6.26. The third-order valence-corrected chi connectivity index (χ3v) is 3.77. The molecule has 0 saturated heterocycles. The summed E-state index contributed by atoms with van der Waals surface area (Å²) in [6.07, 6.45) is 1.76. The molecule has 0 unspecified atom stereocenters. The van der Waals surface area contributed by atoms with Gasteiger partial charge in [-0.15, -0.1) is 24.0 Å². The Morgan fingerprint density at radius 1 is 1.16 bits per heavy atom. The molecule has 0 aliphatic carbocycles. The van der Waals surface area contributed by atoms with E-state index in [0.717, 1.165) is 23.8 Å². The molecule has 136 valence electrons. The van der Waals surface area contributed by atoms with Crippen LogP contribution in [0.15, 0.2) is 53.7 Å². The maximum Gasteiger partial charge on any atom is 0.191 e. The van der Waals surface area contributed by atoms with E-state index in [0.29, 0.717) is 13.1 Å². The first-order valence-corrected chi connectivity index (χ1v) is 8.19. The molecule has 2 rings (SSSR count). The topological polar surface area (TPSA) is 49.3 Å². The smallest absolute Gasteiger partial charge is 0.191 e. The first-order chi connectivity index (χ1) is 11.5. The summed E-state index contributed by atoms with van der Waals surface area (Å²) in [5.41, 5.74) is 1.65. The van der Waals surface area contributed by atoms with Crippen LogP contribution in [-0.2, 0) is 12.0 Å². The number of benzene rings is 1. The minimum Gasteiger partial charge on any atom is -0.357 e. The van der Waals surface area contributed by atoms with Crippen LogP contribution < -0.4 is 10.6 Å². The van der Waals surface area contributed by atoms with Gasteiger partial charge in [0, 0.05) is 24.7 Å². The highest BCUT2D eigenvalue weighted by Crippen LogP contribution is 2.22. The van der Waals surface area contributed by atoms with Gasteiger partial charge in [-0.3, -0.25) is 4.98 Å². The molecule has 4 nitrogen and oxygen atoms in total. The fourth-order valence-electron chi connectivity index (χ4n) is 2.31. The van der Waals surface area contributed by atoms with Crippen LogP contribution in [0.25, 0.3) is 0 Å². The summed E-state index contributed by atoms with van der Waals surface area (Å²) in [5, 5.41) is 6.56. The number of aromatic nitrogens is 1. The number of nitrogens with one attached hydrogen (secondary N) is 2. The van der Waals surface area contributed by atoms with Gasteiger partial charge < -0.3 is 10.6 Å². The maximum atomic E-state index is 13.5. The molecule has 0 aliphatic heterocycles. The van der Waals surface area contributed by atoms with Crippen LogP contribution in [0.5, 0.6) is 0 Å². The molecular formula is C19H26FIN4. The zero-order chi connectivity index (χ0) is 17.4. The Kier molecular flexibility index (Phi) is 8.82. The van der Waals surface area contributed by atoms with Gasteiger partial charge in [0.05, 0.1) is 12.2 Å². The molecule has 0 atom stereocenters. The van der Waals surface area contributed by atoms with E-state index in [2.05, 4.69) is 34.5 Å². The Labute approximate surface area is 166 Å². The molecule has 25 heavy (non-hydrogen) atoms. The summed E-state index contributed by atoms with van der Waals surface area (Å²) in [6.45, 7) is 8.11. The third kappa shape index (κ3) is 6.97. The van der Waals surface area contributed by atoms with Crippen molar-refractivity contribution in [1.29, 1.82) is 0 Å². The van der Waals surface area contributed by atoms with Crippen LogP contribution >= 0.6 is 24.0 Å². The van der Waals surface area contributed by atoms with Crippen molar-refractivity contribution in [3.8, 4) is 0 Å². The Hall–Kier alpha value is -1.70. The average Bonchev–Trinajstić information content (AvgIpc) is 2.58. The molecule has 2 N–H and O–H groups in total. The van der Waals surface area contributed by atoms with Crippen molar-refractivity contribution in [3.05, 3.63) is 65.7 Å². The Morgan fingerprint density at radius 3 is 2.60 bits per heavy atom. The van der Waals surface area contributed by atoms with Crippen LogP contribution in [0.2, 0.25) is 0 Å². The van der Waals surface area contributed by atoms with Crippen molar-refractivity contribution < 1.29 is 4.39 Å². The average molecular weight is 456 g/mol. The summed E-state index contributed by atoms with van der Waals surface area (Å²) in [5.74, 6) is 0.518. The lowest BCUT2D eigenvalue weighted by molar-refractivity contribution is 0.503. The Morgan fingerprint density at radius 2 is 1.96 bits per heavy atom. The molecule has 0 spiro atoms. The maximum absolute atomic E-state index is 13.5. The summed E-state index contributed by atoms with van der Waals surface area (Å²) in [4.78, 5) is 8.83. The first-order valence-electron chi connectivity index (χ1n) is 8.19. The number of halogens is 2. The van der Waals surface area contributed by atoms with Gasteiger partial charge >= 0.3 is 0 Å². The van der Waals surface area contributed by atoms with Crippen molar-refractivity contribution in [2.24, 2.45) is 4.99 Å². The molecule has 1 aromatic heterocycles. The van der Waals surface area contributed by atoms with Crippen LogP contribution in [0.3, 0.4) is 0 Å². The van der Waals surface area contributed by atoms with E-state index >= 15 is 0 Å². The SMILES string of the molecule is CCNC(=NCc1ccccn1)NCC(C)(C)c1cccc(F)c1.I. The molecule has 2 aromatic rings. The predicted molar refractivity (Wildman–Crippen MR) is 112 cm³/mol. The normalized spacial score (nSPS) is 11.6. The predicted octanol–water partition coefficient (Wildman–Crippen LogP) is 3.87. The molecule has 6 heteroatoms. The van der Waals surface area contributed by atoms with Gasteiger partial charge in [0.2, 0.25) is 0 Å². The molecule has 0 saturated carbocycles. The second-order valence-corrected chi connectivity index (χ2v) is 6.26. The highest BCUT2D eigenvalue weighted by Gasteiger charge is 2.21. The molecule has 1 heterocycles. The number of hydrogen-bond acceptors (Lipinski definition) is 2. The summed E-state index contributed by atoms with van der Waals surface area (Å²) in [6, 6.07) is 12.5. The first kappa shape index (κ1) is 21.3. The van der Waals surface area contributed by atoms with Crippen LogP contribution in [0, 0.1) is 5.82 Å². The highest BCUT2D eigenvalue weighted by atomic mass is 127. The third-order valence-electron chi connectivity index (χ3n) is 3.77. The van der Waals surface area contributed by atoms with Crippen molar-refractivity contribution >= 4 is 29.9 Å². The van der Waals surface area contributed by atoms with Crippen LogP contribution in [-0.4, -0.2) is 24.0 Å². The molecule has 0 bridgehead atoms. The summed E-state index contributed by atoms with van der Waals surface area (Å²) in [7, 11) is 0. The lowest BCUT2D eigenvalue weighted by Crippen LogP contribution is -2.43. The van der Waals surface area contributed by atoms with E-state index in [4.69, 9.17) is 0 Å². The number of nitrogens with zero attached hydrogens (tertiary/aromatic N) is 2. The largest absolute Gasteiger partial charge is 0.357 e. The van der Waals surface area contributed by atoms with Gasteiger partial charge in [0.25, 0.3) is 0 Å². The van der Waals surface area contributed by atoms with Crippen molar-refractivity contribution in [1.82, 2.24) is 15.6 Å². The lowest BCUT2D eigenvalue weighted by atomic mass is 9.84. The van der Waals surface area contributed by atoms with E-state index in [9.17, 15) is 4.39 Å². The van der Waals surface area contributed by atoms with Gasteiger partial charge in [-0.1, -0.05) is 32.0 Å².